The summed E-state index contributed by atoms with van der Waals surface area (Å²) >= 11 is 0. The highest BCUT2D eigenvalue weighted by Gasteiger charge is 2.24. The van der Waals surface area contributed by atoms with Crippen molar-refractivity contribution in [2.45, 2.75) is 0 Å². The van der Waals surface area contributed by atoms with E-state index in [4.69, 9.17) is 11.6 Å². The molecule has 0 saturated carbocycles. The minimum atomic E-state index is -3.14. The Hall–Kier alpha value is -1.65. The molecule has 1 aliphatic heterocycles. The molecule has 0 unspecified atom stereocenters. The van der Waals surface area contributed by atoms with Crippen LogP contribution >= 0.6 is 0 Å². The summed E-state index contributed by atoms with van der Waals surface area (Å²) in [4.78, 5) is 9.97. The lowest BCUT2D eigenvalue weighted by molar-refractivity contribution is 0.387. The van der Waals surface area contributed by atoms with E-state index in [2.05, 4.69) is 15.4 Å². The van der Waals surface area contributed by atoms with Crippen LogP contribution in [0.25, 0.3) is 0 Å². The Morgan fingerprint density at radius 3 is 2.42 bits per heavy atom. The number of hydrogen-bond donors (Lipinski definition) is 3. The summed E-state index contributed by atoms with van der Waals surface area (Å²) in [6, 6.07) is 1.67. The molecule has 1 fully saturated rings. The van der Waals surface area contributed by atoms with Crippen molar-refractivity contribution in [3.63, 3.8) is 0 Å². The van der Waals surface area contributed by atoms with Gasteiger partial charge in [-0.25, -0.2) is 14.3 Å². The zero-order valence-electron chi connectivity index (χ0n) is 10.6. The van der Waals surface area contributed by atoms with Crippen molar-refractivity contribution in [2.24, 2.45) is 5.84 Å². The zero-order chi connectivity index (χ0) is 14.0. The second-order valence-electron chi connectivity index (χ2n) is 4.26. The summed E-state index contributed by atoms with van der Waals surface area (Å²) in [6.45, 7) is 1.95. The van der Waals surface area contributed by atoms with Gasteiger partial charge in [0.2, 0.25) is 16.0 Å². The molecule has 1 aromatic rings. The topological polar surface area (TPSA) is 130 Å². The summed E-state index contributed by atoms with van der Waals surface area (Å²) < 4.78 is 24.3. The van der Waals surface area contributed by atoms with E-state index in [0.717, 1.165) is 0 Å². The van der Waals surface area contributed by atoms with Gasteiger partial charge < -0.3 is 16.1 Å². The second kappa shape index (κ2) is 5.15. The van der Waals surface area contributed by atoms with Gasteiger partial charge in [0.25, 0.3) is 0 Å². The largest absolute Gasteiger partial charge is 0.368 e. The first-order valence-corrected chi connectivity index (χ1v) is 7.56. The molecule has 0 aromatic carbocycles. The van der Waals surface area contributed by atoms with Gasteiger partial charge >= 0.3 is 0 Å². The highest BCUT2D eigenvalue weighted by atomic mass is 32.2. The van der Waals surface area contributed by atoms with Crippen LogP contribution in [0.15, 0.2) is 6.07 Å². The molecule has 19 heavy (non-hydrogen) atoms. The van der Waals surface area contributed by atoms with Gasteiger partial charge in [0.1, 0.15) is 11.6 Å². The normalized spacial score (nSPS) is 17.5. The first-order valence-electron chi connectivity index (χ1n) is 5.71. The van der Waals surface area contributed by atoms with Crippen LogP contribution in [0, 0.1) is 0 Å². The van der Waals surface area contributed by atoms with Crippen LogP contribution in [0.2, 0.25) is 0 Å². The fourth-order valence-corrected chi connectivity index (χ4v) is 2.76. The van der Waals surface area contributed by atoms with Gasteiger partial charge in [-0.05, 0) is 0 Å². The maximum atomic E-state index is 11.4. The number of hydrazine groups is 1. The second-order valence-corrected chi connectivity index (χ2v) is 6.25. The van der Waals surface area contributed by atoms with Crippen LogP contribution in [0.5, 0.6) is 0 Å². The first kappa shape index (κ1) is 13.8. The summed E-state index contributed by atoms with van der Waals surface area (Å²) in [6.07, 6.45) is 1.21. The van der Waals surface area contributed by atoms with E-state index >= 15 is 0 Å². The predicted octanol–water partition coefficient (Wildman–Crippen LogP) is -1.57. The van der Waals surface area contributed by atoms with Crippen molar-refractivity contribution < 1.29 is 8.42 Å². The predicted molar refractivity (Wildman–Crippen MR) is 72.9 cm³/mol. The SMILES string of the molecule is CS(=O)(=O)N1CCN(c2cc(NN)nc(N)n2)CC1. The molecule has 0 amide bonds. The number of hydrogen-bond acceptors (Lipinski definition) is 8. The maximum Gasteiger partial charge on any atom is 0.223 e. The molecule has 0 atom stereocenters. The van der Waals surface area contributed by atoms with Crippen molar-refractivity contribution in [3.8, 4) is 0 Å². The lowest BCUT2D eigenvalue weighted by atomic mass is 10.3. The molecule has 10 heteroatoms. The number of rotatable bonds is 3. The van der Waals surface area contributed by atoms with Crippen LogP contribution in [0.3, 0.4) is 0 Å². The lowest BCUT2D eigenvalue weighted by Gasteiger charge is -2.34. The fraction of sp³-hybridized carbons (Fsp3) is 0.556. The average molecular weight is 287 g/mol. The van der Waals surface area contributed by atoms with Crippen molar-refractivity contribution in [1.29, 1.82) is 0 Å². The number of nitrogen functional groups attached to an aromatic ring is 2. The zero-order valence-corrected chi connectivity index (χ0v) is 11.4. The molecule has 9 nitrogen and oxygen atoms in total. The molecule has 106 valence electrons. The van der Waals surface area contributed by atoms with Crippen molar-refractivity contribution in [1.82, 2.24) is 14.3 Å². The molecule has 0 radical (unpaired) electrons. The Bertz CT molecular complexity index is 554. The molecule has 2 heterocycles. The van der Waals surface area contributed by atoms with Crippen molar-refractivity contribution in [2.75, 3.05) is 48.5 Å². The average Bonchev–Trinajstić information content (AvgIpc) is 2.37. The van der Waals surface area contributed by atoms with Crippen LogP contribution in [0.1, 0.15) is 0 Å². The standard InChI is InChI=1S/C9H17N7O2S/c1-19(17,18)16-4-2-15(3-5-16)8-6-7(14-11)12-9(10)13-8/h6H,2-5,11H2,1H3,(H3,10,12,13,14). The maximum absolute atomic E-state index is 11.4. The van der Waals surface area contributed by atoms with Crippen molar-refractivity contribution in [3.05, 3.63) is 6.07 Å². The third-order valence-electron chi connectivity index (χ3n) is 2.91. The van der Waals surface area contributed by atoms with Gasteiger partial charge in [0.05, 0.1) is 6.26 Å². The van der Waals surface area contributed by atoms with Crippen LogP contribution in [-0.4, -0.2) is 55.1 Å². The molecule has 1 aliphatic rings. The number of nitrogens with zero attached hydrogens (tertiary/aromatic N) is 4. The van der Waals surface area contributed by atoms with E-state index in [-0.39, 0.29) is 5.95 Å². The molecule has 2 rings (SSSR count). The Kier molecular flexibility index (Phi) is 3.73. The number of anilines is 3. The van der Waals surface area contributed by atoms with Gasteiger partial charge in [0.15, 0.2) is 0 Å². The summed E-state index contributed by atoms with van der Waals surface area (Å²) in [7, 11) is -3.14. The Morgan fingerprint density at radius 2 is 1.89 bits per heavy atom. The smallest absolute Gasteiger partial charge is 0.223 e. The molecule has 0 aliphatic carbocycles. The van der Waals surface area contributed by atoms with Gasteiger partial charge in [0, 0.05) is 32.2 Å². The van der Waals surface area contributed by atoms with Crippen LogP contribution in [-0.2, 0) is 10.0 Å². The highest BCUT2D eigenvalue weighted by molar-refractivity contribution is 7.88. The van der Waals surface area contributed by atoms with E-state index in [1.807, 2.05) is 4.90 Å². The highest BCUT2D eigenvalue weighted by Crippen LogP contribution is 2.18. The van der Waals surface area contributed by atoms with Gasteiger partial charge in [-0.15, -0.1) is 0 Å². The van der Waals surface area contributed by atoms with Crippen LogP contribution < -0.4 is 21.9 Å². The molecule has 0 bridgehead atoms. The molecular formula is C9H17N7O2S. The van der Waals surface area contributed by atoms with Crippen molar-refractivity contribution >= 4 is 27.6 Å². The van der Waals surface area contributed by atoms with E-state index in [9.17, 15) is 8.42 Å². The monoisotopic (exact) mass is 287 g/mol. The summed E-state index contributed by atoms with van der Waals surface area (Å²) in [5.74, 6) is 6.47. The summed E-state index contributed by atoms with van der Waals surface area (Å²) in [5.41, 5.74) is 8.00. The summed E-state index contributed by atoms with van der Waals surface area (Å²) in [5, 5.41) is 0. The molecule has 5 N–H and O–H groups in total. The minimum Gasteiger partial charge on any atom is -0.368 e. The number of piperazine rings is 1. The van der Waals surface area contributed by atoms with Gasteiger partial charge in [-0.3, -0.25) is 0 Å². The number of aromatic nitrogens is 2. The van der Waals surface area contributed by atoms with Gasteiger partial charge in [-0.2, -0.15) is 14.3 Å². The Balaban J connectivity index is 2.11. The third-order valence-corrected chi connectivity index (χ3v) is 4.21. The van der Waals surface area contributed by atoms with Gasteiger partial charge in [-0.1, -0.05) is 0 Å². The molecular weight excluding hydrogens is 270 g/mol. The van der Waals surface area contributed by atoms with Crippen LogP contribution in [0.4, 0.5) is 17.6 Å². The number of nitrogens with two attached hydrogens (primary N) is 2. The minimum absolute atomic E-state index is 0.121. The number of sulfonamides is 1. The van der Waals surface area contributed by atoms with E-state index < -0.39 is 10.0 Å². The molecule has 0 spiro atoms. The number of nitrogens with one attached hydrogen (secondary N) is 1. The fourth-order valence-electron chi connectivity index (χ4n) is 1.94. The van der Waals surface area contributed by atoms with E-state index in [1.54, 1.807) is 6.07 Å². The Morgan fingerprint density at radius 1 is 1.26 bits per heavy atom. The lowest BCUT2D eigenvalue weighted by Crippen LogP contribution is -2.48. The van der Waals surface area contributed by atoms with E-state index in [1.165, 1.54) is 10.6 Å². The van der Waals surface area contributed by atoms with E-state index in [0.29, 0.717) is 37.8 Å². The first-order chi connectivity index (χ1) is 8.90. The Labute approximate surface area is 111 Å². The third kappa shape index (κ3) is 3.22. The molecule has 1 saturated heterocycles. The molecule has 1 aromatic heterocycles. The quantitative estimate of drug-likeness (QED) is 0.449.